The van der Waals surface area contributed by atoms with E-state index in [0.29, 0.717) is 24.6 Å². The van der Waals surface area contributed by atoms with Gasteiger partial charge >= 0.3 is 6.36 Å². The van der Waals surface area contributed by atoms with Crippen LogP contribution in [0.3, 0.4) is 0 Å². The average Bonchev–Trinajstić information content (AvgIpc) is 2.73. The lowest BCUT2D eigenvalue weighted by Gasteiger charge is -2.10. The first-order valence-corrected chi connectivity index (χ1v) is 8.92. The van der Waals surface area contributed by atoms with Crippen LogP contribution >= 0.6 is 24.0 Å². The van der Waals surface area contributed by atoms with E-state index in [4.69, 9.17) is 10.5 Å². The van der Waals surface area contributed by atoms with Crippen LogP contribution in [-0.4, -0.2) is 17.3 Å². The van der Waals surface area contributed by atoms with Crippen LogP contribution in [0.4, 0.5) is 18.9 Å². The Labute approximate surface area is 194 Å². The monoisotopic (exact) mass is 544 g/mol. The molecule has 0 aliphatic heterocycles. The van der Waals surface area contributed by atoms with E-state index in [-0.39, 0.29) is 35.7 Å². The van der Waals surface area contributed by atoms with Gasteiger partial charge in [-0.15, -0.1) is 37.1 Å². The highest BCUT2D eigenvalue weighted by atomic mass is 127. The molecule has 164 valence electrons. The molecule has 0 saturated heterocycles. The van der Waals surface area contributed by atoms with Crippen molar-refractivity contribution in [3.63, 3.8) is 0 Å². The predicted octanol–water partition coefficient (Wildman–Crippen LogP) is 5.10. The normalized spacial score (nSPS) is 11.4. The lowest BCUT2D eigenvalue weighted by Crippen LogP contribution is -2.22. The maximum Gasteiger partial charge on any atom is 0.573 e. The number of aliphatic imine (C=N–C) groups is 1. The topological polar surface area (TPSA) is 81.8 Å². The molecule has 0 atom stereocenters. The lowest BCUT2D eigenvalue weighted by atomic mass is 10.2. The number of nitrogens with one attached hydrogen (secondary N) is 1. The molecule has 1 aromatic heterocycles. The molecule has 1 heterocycles. The zero-order chi connectivity index (χ0) is 21.4. The number of aromatic nitrogens is 1. The van der Waals surface area contributed by atoms with E-state index < -0.39 is 6.36 Å². The summed E-state index contributed by atoms with van der Waals surface area (Å²) in [4.78, 5) is 8.41. The summed E-state index contributed by atoms with van der Waals surface area (Å²) in [5.41, 5.74) is 8.07. The number of nitrogens with two attached hydrogens (primary N) is 1. The molecule has 0 saturated carbocycles. The molecule has 3 aromatic rings. The molecular weight excluding hydrogens is 524 g/mol. The molecule has 0 spiro atoms. The fourth-order valence-corrected chi connectivity index (χ4v) is 2.44. The standard InChI is InChI=1S/C21H19F3N4O2.HI/c22-21(23,24)30-19-10-6-16(7-11-19)28-20(25)27-13-15-4-8-18(9-5-15)29-14-17-3-1-2-12-26-17;/h1-12H,13-14H2,(H3,25,27,28);1H. The molecule has 0 unspecified atom stereocenters. The van der Waals surface area contributed by atoms with Crippen LogP contribution in [0.5, 0.6) is 11.5 Å². The summed E-state index contributed by atoms with van der Waals surface area (Å²) < 4.78 is 46.0. The number of pyridine rings is 1. The van der Waals surface area contributed by atoms with Crippen LogP contribution in [0.2, 0.25) is 0 Å². The summed E-state index contributed by atoms with van der Waals surface area (Å²) in [6.07, 6.45) is -3.02. The third-order valence-corrected chi connectivity index (χ3v) is 3.83. The average molecular weight is 544 g/mol. The number of halogens is 4. The SMILES string of the molecule is I.NC(=NCc1ccc(OCc2ccccn2)cc1)Nc1ccc(OC(F)(F)F)cc1. The van der Waals surface area contributed by atoms with Crippen molar-refractivity contribution < 1.29 is 22.6 Å². The summed E-state index contributed by atoms with van der Waals surface area (Å²) in [5, 5.41) is 2.81. The molecule has 0 aliphatic carbocycles. The van der Waals surface area contributed by atoms with Gasteiger partial charge in [-0.3, -0.25) is 4.98 Å². The molecule has 2 aromatic carbocycles. The van der Waals surface area contributed by atoms with Gasteiger partial charge in [-0.05, 0) is 54.1 Å². The van der Waals surface area contributed by atoms with E-state index >= 15 is 0 Å². The first-order valence-electron chi connectivity index (χ1n) is 8.92. The second kappa shape index (κ2) is 11.4. The Balaban J connectivity index is 0.00000341. The van der Waals surface area contributed by atoms with Gasteiger partial charge in [0.05, 0.1) is 12.2 Å². The molecule has 0 bridgehead atoms. The molecule has 6 nitrogen and oxygen atoms in total. The van der Waals surface area contributed by atoms with Crippen molar-refractivity contribution in [3.05, 3.63) is 84.2 Å². The summed E-state index contributed by atoms with van der Waals surface area (Å²) in [6, 6.07) is 18.2. The van der Waals surface area contributed by atoms with Gasteiger partial charge in [0.25, 0.3) is 0 Å². The van der Waals surface area contributed by atoms with Crippen LogP contribution in [-0.2, 0) is 13.2 Å². The molecule has 0 aliphatic rings. The highest BCUT2D eigenvalue weighted by Gasteiger charge is 2.30. The van der Waals surface area contributed by atoms with E-state index in [1.165, 1.54) is 24.3 Å². The van der Waals surface area contributed by atoms with Gasteiger partial charge in [-0.2, -0.15) is 0 Å². The number of guanidine groups is 1. The largest absolute Gasteiger partial charge is 0.573 e. The highest BCUT2D eigenvalue weighted by Crippen LogP contribution is 2.24. The van der Waals surface area contributed by atoms with Crippen molar-refractivity contribution in [2.75, 3.05) is 5.32 Å². The first kappa shape index (κ1) is 24.3. The number of benzene rings is 2. The van der Waals surface area contributed by atoms with Crippen LogP contribution in [0.15, 0.2) is 77.9 Å². The van der Waals surface area contributed by atoms with Gasteiger partial charge in [0.2, 0.25) is 0 Å². The molecule has 10 heteroatoms. The summed E-state index contributed by atoms with van der Waals surface area (Å²) >= 11 is 0. The summed E-state index contributed by atoms with van der Waals surface area (Å²) in [7, 11) is 0. The van der Waals surface area contributed by atoms with E-state index in [2.05, 4.69) is 20.0 Å². The van der Waals surface area contributed by atoms with E-state index in [9.17, 15) is 13.2 Å². The minimum Gasteiger partial charge on any atom is -0.487 e. The third-order valence-electron chi connectivity index (χ3n) is 3.83. The zero-order valence-corrected chi connectivity index (χ0v) is 18.5. The summed E-state index contributed by atoms with van der Waals surface area (Å²) in [6.45, 7) is 0.705. The Morgan fingerprint density at radius 2 is 1.65 bits per heavy atom. The van der Waals surface area contributed by atoms with Gasteiger partial charge in [0.15, 0.2) is 5.96 Å². The van der Waals surface area contributed by atoms with Gasteiger partial charge in [-0.1, -0.05) is 18.2 Å². The van der Waals surface area contributed by atoms with Crippen LogP contribution in [0, 0.1) is 0 Å². The molecule has 0 amide bonds. The van der Waals surface area contributed by atoms with Crippen molar-refractivity contribution in [2.45, 2.75) is 19.5 Å². The number of anilines is 1. The number of ether oxygens (including phenoxy) is 2. The van der Waals surface area contributed by atoms with Crippen molar-refractivity contribution >= 4 is 35.6 Å². The van der Waals surface area contributed by atoms with E-state index in [1.807, 2.05) is 42.5 Å². The van der Waals surface area contributed by atoms with E-state index in [1.54, 1.807) is 6.20 Å². The Morgan fingerprint density at radius 3 is 2.26 bits per heavy atom. The Kier molecular flexibility index (Phi) is 8.91. The van der Waals surface area contributed by atoms with Crippen molar-refractivity contribution in [1.29, 1.82) is 0 Å². The smallest absolute Gasteiger partial charge is 0.487 e. The van der Waals surface area contributed by atoms with Gasteiger partial charge < -0.3 is 20.5 Å². The van der Waals surface area contributed by atoms with Crippen LogP contribution in [0.1, 0.15) is 11.3 Å². The quantitative estimate of drug-likeness (QED) is 0.246. The molecule has 31 heavy (non-hydrogen) atoms. The Hall–Kier alpha value is -3.02. The van der Waals surface area contributed by atoms with Crippen LogP contribution < -0.4 is 20.5 Å². The van der Waals surface area contributed by atoms with Crippen molar-refractivity contribution in [3.8, 4) is 11.5 Å². The lowest BCUT2D eigenvalue weighted by molar-refractivity contribution is -0.274. The second-order valence-corrected chi connectivity index (χ2v) is 6.15. The number of nitrogens with zero attached hydrogens (tertiary/aromatic N) is 2. The van der Waals surface area contributed by atoms with Gasteiger partial charge in [0, 0.05) is 11.9 Å². The minimum atomic E-state index is -4.73. The van der Waals surface area contributed by atoms with Gasteiger partial charge in [0.1, 0.15) is 18.1 Å². The predicted molar refractivity (Wildman–Crippen MR) is 123 cm³/mol. The summed E-state index contributed by atoms with van der Waals surface area (Å²) in [5.74, 6) is 0.532. The fraction of sp³-hybridized carbons (Fsp3) is 0.143. The maximum atomic E-state index is 12.2. The molecule has 3 N–H and O–H groups in total. The molecule has 0 fully saturated rings. The number of hydrogen-bond donors (Lipinski definition) is 2. The maximum absolute atomic E-state index is 12.2. The zero-order valence-electron chi connectivity index (χ0n) is 16.2. The highest BCUT2D eigenvalue weighted by molar-refractivity contribution is 14.0. The first-order chi connectivity index (χ1) is 14.4. The van der Waals surface area contributed by atoms with Gasteiger partial charge in [-0.25, -0.2) is 4.99 Å². The Morgan fingerprint density at radius 1 is 0.968 bits per heavy atom. The fourth-order valence-electron chi connectivity index (χ4n) is 2.44. The number of hydrogen-bond acceptors (Lipinski definition) is 4. The molecular formula is C21H20F3IN4O2. The second-order valence-electron chi connectivity index (χ2n) is 6.15. The molecule has 3 rings (SSSR count). The van der Waals surface area contributed by atoms with Crippen molar-refractivity contribution in [2.24, 2.45) is 10.7 Å². The molecule has 0 radical (unpaired) electrons. The number of alkyl halides is 3. The van der Waals surface area contributed by atoms with Crippen molar-refractivity contribution in [1.82, 2.24) is 4.98 Å². The van der Waals surface area contributed by atoms with E-state index in [0.717, 1.165) is 11.3 Å². The minimum absolute atomic E-state index is 0. The Bertz CT molecular complexity index is 967. The number of rotatable bonds is 7. The van der Waals surface area contributed by atoms with Crippen LogP contribution in [0.25, 0.3) is 0 Å². The third kappa shape index (κ3) is 8.70.